The Labute approximate surface area is 246 Å². The molecule has 1 fully saturated rings. The third-order valence-electron chi connectivity index (χ3n) is 7.60. The van der Waals surface area contributed by atoms with Crippen LogP contribution in [0.5, 0.6) is 0 Å². The number of benzene rings is 3. The Hall–Kier alpha value is -4.22. The lowest BCUT2D eigenvalue weighted by Crippen LogP contribution is -2.46. The number of carbonyl (C=O) groups excluding carboxylic acids is 2. The van der Waals surface area contributed by atoms with E-state index in [2.05, 4.69) is 27.5 Å². The molecule has 3 aromatic carbocycles. The van der Waals surface area contributed by atoms with Gasteiger partial charge in [-0.25, -0.2) is 9.86 Å². The third kappa shape index (κ3) is 6.63. The van der Waals surface area contributed by atoms with Gasteiger partial charge in [-0.15, -0.1) is 0 Å². The van der Waals surface area contributed by atoms with Crippen LogP contribution in [0.1, 0.15) is 31.8 Å². The minimum Gasteiger partial charge on any atom is -0.465 e. The van der Waals surface area contributed by atoms with Crippen molar-refractivity contribution < 1.29 is 24.3 Å². The van der Waals surface area contributed by atoms with Crippen molar-refractivity contribution in [3.63, 3.8) is 0 Å². The van der Waals surface area contributed by atoms with Crippen LogP contribution < -0.4 is 10.6 Å². The molecule has 2 heterocycles. The van der Waals surface area contributed by atoms with Crippen LogP contribution in [0.4, 0.5) is 11.4 Å². The molecule has 2 aliphatic heterocycles. The number of hydroxylamine groups is 2. The number of carbonyl (C=O) groups is 2. The first kappa shape index (κ1) is 29.3. The fourth-order valence-corrected chi connectivity index (χ4v) is 5.14. The molecule has 42 heavy (non-hydrogen) atoms. The quantitative estimate of drug-likeness (QED) is 0.263. The van der Waals surface area contributed by atoms with E-state index >= 15 is 0 Å². The van der Waals surface area contributed by atoms with E-state index in [0.717, 1.165) is 49.5 Å². The van der Waals surface area contributed by atoms with Crippen LogP contribution in [-0.4, -0.2) is 98.6 Å². The van der Waals surface area contributed by atoms with Crippen molar-refractivity contribution >= 4 is 34.5 Å². The third-order valence-corrected chi connectivity index (χ3v) is 7.60. The van der Waals surface area contributed by atoms with Gasteiger partial charge in [0.25, 0.3) is 5.91 Å². The largest absolute Gasteiger partial charge is 0.465 e. The summed E-state index contributed by atoms with van der Waals surface area (Å²) in [6, 6.07) is 22.0. The zero-order chi connectivity index (χ0) is 29.6. The number of methoxy groups -OCH3 is 1. The normalized spacial score (nSPS) is 18.1. The van der Waals surface area contributed by atoms with Crippen molar-refractivity contribution in [2.45, 2.75) is 6.23 Å². The molecule has 1 unspecified atom stereocenters. The highest BCUT2D eigenvalue weighted by Crippen LogP contribution is 2.40. The van der Waals surface area contributed by atoms with E-state index in [1.54, 1.807) is 37.4 Å². The zero-order valence-corrected chi connectivity index (χ0v) is 24.2. The average Bonchev–Trinajstić information content (AvgIpc) is 3.35. The van der Waals surface area contributed by atoms with Gasteiger partial charge in [0.05, 0.1) is 25.0 Å². The second-order valence-electron chi connectivity index (χ2n) is 10.4. The van der Waals surface area contributed by atoms with Crippen LogP contribution in [-0.2, 0) is 9.57 Å². The van der Waals surface area contributed by atoms with Crippen LogP contribution in [0.3, 0.4) is 0 Å². The standard InChI is InChI=1S/C32H37N5O5/c1-35-15-17-37(18-16-35)19-20-42-36(2)31(39)23-9-12-25(13-10-23)33-29(22-7-5-4-6-8-22)28-26-14-11-24(32(40)41-3)21-27(26)34-30(28)38/h4-14,21,30,33-34,38H,15-20H2,1-3H3/b29-28-. The Morgan fingerprint density at radius 1 is 0.976 bits per heavy atom. The minimum atomic E-state index is -1.01. The van der Waals surface area contributed by atoms with E-state index in [4.69, 9.17) is 9.57 Å². The summed E-state index contributed by atoms with van der Waals surface area (Å²) in [5, 5.41) is 18.9. The first-order chi connectivity index (χ1) is 20.3. The van der Waals surface area contributed by atoms with E-state index in [1.807, 2.05) is 42.5 Å². The second-order valence-corrected chi connectivity index (χ2v) is 10.4. The van der Waals surface area contributed by atoms with Crippen LogP contribution in [0.25, 0.3) is 11.3 Å². The van der Waals surface area contributed by atoms with Gasteiger partial charge in [-0.1, -0.05) is 36.4 Å². The van der Waals surface area contributed by atoms with E-state index in [-0.39, 0.29) is 5.91 Å². The number of aliphatic hydroxyl groups excluding tert-OH is 1. The van der Waals surface area contributed by atoms with Gasteiger partial charge in [0.15, 0.2) is 6.23 Å². The molecular formula is C32H37N5O5. The maximum atomic E-state index is 13.0. The molecule has 0 aliphatic carbocycles. The first-order valence-electron chi connectivity index (χ1n) is 14.0. The van der Waals surface area contributed by atoms with Crippen LogP contribution in [0.15, 0.2) is 72.8 Å². The summed E-state index contributed by atoms with van der Waals surface area (Å²) >= 11 is 0. The van der Waals surface area contributed by atoms with Crippen molar-refractivity contribution in [2.24, 2.45) is 0 Å². The fraction of sp³-hybridized carbons (Fsp3) is 0.312. The molecule has 0 radical (unpaired) electrons. The minimum absolute atomic E-state index is 0.229. The fourth-order valence-electron chi connectivity index (χ4n) is 5.14. The molecule has 0 saturated carbocycles. The van der Waals surface area contributed by atoms with Crippen LogP contribution >= 0.6 is 0 Å². The van der Waals surface area contributed by atoms with Crippen molar-refractivity contribution in [1.82, 2.24) is 14.9 Å². The molecule has 0 spiro atoms. The molecule has 1 atom stereocenters. The summed E-state index contributed by atoms with van der Waals surface area (Å²) in [6.07, 6.45) is -1.01. The number of amides is 1. The van der Waals surface area contributed by atoms with Gasteiger partial charge in [0.2, 0.25) is 0 Å². The summed E-state index contributed by atoms with van der Waals surface area (Å²) in [4.78, 5) is 35.4. The lowest BCUT2D eigenvalue weighted by Gasteiger charge is -2.32. The van der Waals surface area contributed by atoms with Gasteiger partial charge >= 0.3 is 5.97 Å². The number of hydrogen-bond donors (Lipinski definition) is 3. The predicted molar refractivity (Wildman–Crippen MR) is 163 cm³/mol. The average molecular weight is 572 g/mol. The summed E-state index contributed by atoms with van der Waals surface area (Å²) < 4.78 is 4.84. The summed E-state index contributed by atoms with van der Waals surface area (Å²) in [6.45, 7) is 5.30. The topological polar surface area (TPSA) is 107 Å². The molecule has 0 bridgehead atoms. The number of likely N-dealkylation sites (N-methyl/N-ethyl adjacent to an activating group) is 1. The van der Waals surface area contributed by atoms with Gasteiger partial charge in [-0.05, 0) is 49.0 Å². The molecule has 3 aromatic rings. The van der Waals surface area contributed by atoms with Crippen LogP contribution in [0.2, 0.25) is 0 Å². The molecule has 1 saturated heterocycles. The van der Waals surface area contributed by atoms with Gasteiger partial charge in [-0.3, -0.25) is 14.5 Å². The zero-order valence-electron chi connectivity index (χ0n) is 24.2. The second kappa shape index (κ2) is 13.2. The number of rotatable bonds is 9. The predicted octanol–water partition coefficient (Wildman–Crippen LogP) is 3.45. The molecule has 10 nitrogen and oxygen atoms in total. The van der Waals surface area contributed by atoms with Gasteiger partial charge in [0, 0.05) is 67.8 Å². The number of hydrogen-bond acceptors (Lipinski definition) is 9. The van der Waals surface area contributed by atoms with Gasteiger partial charge in [-0.2, -0.15) is 0 Å². The molecule has 2 aliphatic rings. The number of fused-ring (bicyclic) bond motifs is 1. The molecule has 0 aromatic heterocycles. The Bertz CT molecular complexity index is 1440. The van der Waals surface area contributed by atoms with Gasteiger partial charge < -0.3 is 25.4 Å². The Morgan fingerprint density at radius 3 is 2.36 bits per heavy atom. The van der Waals surface area contributed by atoms with Crippen LogP contribution in [0, 0.1) is 0 Å². The Kier molecular flexibility index (Phi) is 9.19. The molecular weight excluding hydrogens is 534 g/mol. The number of aliphatic hydroxyl groups is 1. The smallest absolute Gasteiger partial charge is 0.337 e. The summed E-state index contributed by atoms with van der Waals surface area (Å²) in [5.41, 5.74) is 5.23. The van der Waals surface area contributed by atoms with E-state index in [9.17, 15) is 14.7 Å². The first-order valence-corrected chi connectivity index (χ1v) is 14.0. The lowest BCUT2D eigenvalue weighted by molar-refractivity contribution is -0.111. The number of nitrogens with zero attached hydrogens (tertiary/aromatic N) is 3. The molecule has 10 heteroatoms. The summed E-state index contributed by atoms with van der Waals surface area (Å²) in [5.74, 6) is -0.680. The monoisotopic (exact) mass is 571 g/mol. The number of ether oxygens (including phenoxy) is 1. The van der Waals surface area contributed by atoms with Crippen molar-refractivity contribution in [1.29, 1.82) is 0 Å². The van der Waals surface area contributed by atoms with Crippen molar-refractivity contribution in [3.8, 4) is 0 Å². The molecule has 1 amide bonds. The lowest BCUT2D eigenvalue weighted by atomic mass is 9.98. The number of esters is 1. The number of nitrogens with one attached hydrogen (secondary N) is 2. The highest BCUT2D eigenvalue weighted by Gasteiger charge is 2.29. The highest BCUT2D eigenvalue weighted by molar-refractivity contribution is 6.04. The van der Waals surface area contributed by atoms with Gasteiger partial charge in [0.1, 0.15) is 0 Å². The molecule has 220 valence electrons. The Morgan fingerprint density at radius 2 is 1.67 bits per heavy atom. The highest BCUT2D eigenvalue weighted by atomic mass is 16.7. The van der Waals surface area contributed by atoms with Crippen molar-refractivity contribution in [3.05, 3.63) is 95.1 Å². The maximum absolute atomic E-state index is 13.0. The van der Waals surface area contributed by atoms with E-state index < -0.39 is 12.2 Å². The van der Waals surface area contributed by atoms with Crippen molar-refractivity contribution in [2.75, 3.05) is 71.2 Å². The maximum Gasteiger partial charge on any atom is 0.337 e. The van der Waals surface area contributed by atoms with E-state index in [1.165, 1.54) is 12.2 Å². The summed E-state index contributed by atoms with van der Waals surface area (Å²) in [7, 11) is 5.09. The Balaban J connectivity index is 1.31. The van der Waals surface area contributed by atoms with E-state index in [0.29, 0.717) is 34.7 Å². The molecule has 5 rings (SSSR count). The molecule has 3 N–H and O–H groups in total. The SMILES string of the molecule is COC(=O)c1ccc2c(c1)NC(O)/C2=C(\Nc1ccc(C(=O)N(C)OCCN2CCN(C)CC2)cc1)c1ccccc1. The number of piperazine rings is 1. The number of anilines is 2.